The molecule has 0 radical (unpaired) electrons. The first-order valence-electron chi connectivity index (χ1n) is 9.26. The standard InChI is InChI=1S/C22H22O7S2/c1-27-16-7-3-14(4-8-16)11-30-13-22(21(25)26)19(18(23)20(24)29-22)31-12-15-5-9-17(28-2)10-6-15/h3-10,23H,11-13H2,1-2H3,(H,25,26). The zero-order valence-corrected chi connectivity index (χ0v) is 18.6. The number of carboxylic acid groups (broad SMARTS) is 1. The first-order valence-corrected chi connectivity index (χ1v) is 11.4. The van der Waals surface area contributed by atoms with Crippen LogP contribution in [0.5, 0.6) is 11.5 Å². The number of carbonyl (C=O) groups excluding carboxylic acids is 1. The molecule has 164 valence electrons. The molecule has 9 heteroatoms. The number of aliphatic carboxylic acids is 1. The van der Waals surface area contributed by atoms with E-state index < -0.39 is 23.3 Å². The van der Waals surface area contributed by atoms with Crippen LogP contribution in [0.2, 0.25) is 0 Å². The van der Waals surface area contributed by atoms with Crippen LogP contribution >= 0.6 is 23.5 Å². The largest absolute Gasteiger partial charge is 0.501 e. The van der Waals surface area contributed by atoms with Crippen molar-refractivity contribution in [2.24, 2.45) is 0 Å². The van der Waals surface area contributed by atoms with Gasteiger partial charge in [0.15, 0.2) is 0 Å². The second kappa shape index (κ2) is 10.0. The number of ether oxygens (including phenoxy) is 3. The van der Waals surface area contributed by atoms with Crippen LogP contribution in [0.4, 0.5) is 0 Å². The third kappa shape index (κ3) is 5.11. The molecule has 3 rings (SSSR count). The summed E-state index contributed by atoms with van der Waals surface area (Å²) in [6.45, 7) is 0. The Morgan fingerprint density at radius 3 is 1.97 bits per heavy atom. The van der Waals surface area contributed by atoms with Gasteiger partial charge in [-0.15, -0.1) is 11.8 Å². The third-order valence-corrected chi connectivity index (χ3v) is 7.10. The minimum Gasteiger partial charge on any atom is -0.501 e. The second-order valence-electron chi connectivity index (χ2n) is 6.68. The van der Waals surface area contributed by atoms with Crippen molar-refractivity contribution in [2.45, 2.75) is 17.1 Å². The van der Waals surface area contributed by atoms with Gasteiger partial charge in [0, 0.05) is 17.3 Å². The maximum atomic E-state index is 12.2. The molecule has 31 heavy (non-hydrogen) atoms. The van der Waals surface area contributed by atoms with Gasteiger partial charge >= 0.3 is 11.9 Å². The number of esters is 1. The minimum atomic E-state index is -1.92. The van der Waals surface area contributed by atoms with Gasteiger partial charge in [-0.3, -0.25) is 0 Å². The number of thioether (sulfide) groups is 2. The number of benzene rings is 2. The van der Waals surface area contributed by atoms with Crippen LogP contribution < -0.4 is 9.47 Å². The Kier molecular flexibility index (Phi) is 7.40. The molecule has 0 bridgehead atoms. The molecule has 7 nitrogen and oxygen atoms in total. The smallest absolute Gasteiger partial charge is 0.375 e. The summed E-state index contributed by atoms with van der Waals surface area (Å²) in [5.41, 5.74) is -0.0676. The van der Waals surface area contributed by atoms with Crippen LogP contribution in [0.15, 0.2) is 59.2 Å². The van der Waals surface area contributed by atoms with Crippen LogP contribution in [0, 0.1) is 0 Å². The first-order chi connectivity index (χ1) is 14.9. The Morgan fingerprint density at radius 2 is 1.48 bits per heavy atom. The Balaban J connectivity index is 1.72. The summed E-state index contributed by atoms with van der Waals surface area (Å²) in [7, 11) is 3.15. The number of aliphatic hydroxyl groups is 1. The van der Waals surface area contributed by atoms with Crippen molar-refractivity contribution in [3.63, 3.8) is 0 Å². The van der Waals surface area contributed by atoms with Crippen molar-refractivity contribution in [3.05, 3.63) is 70.3 Å². The molecule has 0 aliphatic carbocycles. The first kappa shape index (κ1) is 22.9. The highest BCUT2D eigenvalue weighted by molar-refractivity contribution is 8.02. The fourth-order valence-corrected chi connectivity index (χ4v) is 5.32. The third-order valence-electron chi connectivity index (χ3n) is 4.66. The molecule has 0 saturated heterocycles. The number of cyclic esters (lactones) is 1. The van der Waals surface area contributed by atoms with E-state index in [0.717, 1.165) is 28.6 Å². The number of hydrogen-bond donors (Lipinski definition) is 2. The van der Waals surface area contributed by atoms with E-state index in [2.05, 4.69) is 0 Å². The lowest BCUT2D eigenvalue weighted by molar-refractivity contribution is -0.165. The average molecular weight is 463 g/mol. The molecule has 2 aromatic rings. The van der Waals surface area contributed by atoms with E-state index in [4.69, 9.17) is 14.2 Å². The quantitative estimate of drug-likeness (QED) is 0.507. The van der Waals surface area contributed by atoms with Gasteiger partial charge < -0.3 is 24.4 Å². The summed E-state index contributed by atoms with van der Waals surface area (Å²) < 4.78 is 15.4. The Morgan fingerprint density at radius 1 is 0.968 bits per heavy atom. The van der Waals surface area contributed by atoms with Gasteiger partial charge in [-0.1, -0.05) is 24.3 Å². The molecular weight excluding hydrogens is 440 g/mol. The molecule has 1 unspecified atom stereocenters. The van der Waals surface area contributed by atoms with E-state index >= 15 is 0 Å². The van der Waals surface area contributed by atoms with Crippen LogP contribution in [0.3, 0.4) is 0 Å². The number of aliphatic hydroxyl groups excluding tert-OH is 1. The predicted molar refractivity (Wildman–Crippen MR) is 120 cm³/mol. The van der Waals surface area contributed by atoms with Gasteiger partial charge in [-0.2, -0.15) is 11.8 Å². The van der Waals surface area contributed by atoms with Gasteiger partial charge in [0.2, 0.25) is 5.76 Å². The van der Waals surface area contributed by atoms with Gasteiger partial charge in [0.05, 0.1) is 19.1 Å². The molecule has 0 fully saturated rings. The lowest BCUT2D eigenvalue weighted by atomic mass is 10.1. The fourth-order valence-electron chi connectivity index (χ4n) is 2.93. The minimum absolute atomic E-state index is 0.0167. The summed E-state index contributed by atoms with van der Waals surface area (Å²) in [5.74, 6) is -0.725. The highest BCUT2D eigenvalue weighted by atomic mass is 32.2. The Labute approximate surface area is 188 Å². The van der Waals surface area contributed by atoms with Crippen molar-refractivity contribution in [2.75, 3.05) is 20.0 Å². The molecule has 0 aromatic heterocycles. The lowest BCUT2D eigenvalue weighted by Crippen LogP contribution is -2.43. The van der Waals surface area contributed by atoms with Crippen molar-refractivity contribution >= 4 is 35.5 Å². The van der Waals surface area contributed by atoms with E-state index in [9.17, 15) is 19.8 Å². The number of rotatable bonds is 10. The summed E-state index contributed by atoms with van der Waals surface area (Å²) in [6, 6.07) is 14.6. The molecule has 2 N–H and O–H groups in total. The topological polar surface area (TPSA) is 102 Å². The average Bonchev–Trinajstić information content (AvgIpc) is 3.03. The molecule has 0 amide bonds. The molecular formula is C22H22O7S2. The lowest BCUT2D eigenvalue weighted by Gasteiger charge is -2.25. The van der Waals surface area contributed by atoms with Crippen LogP contribution in [-0.2, 0) is 25.8 Å². The second-order valence-corrected chi connectivity index (χ2v) is 8.65. The zero-order chi connectivity index (χ0) is 22.4. The van der Waals surface area contributed by atoms with Crippen molar-refractivity contribution in [3.8, 4) is 11.5 Å². The van der Waals surface area contributed by atoms with Gasteiger partial charge in [0.25, 0.3) is 5.60 Å². The highest BCUT2D eigenvalue weighted by Crippen LogP contribution is 2.43. The van der Waals surface area contributed by atoms with E-state index in [1.54, 1.807) is 26.4 Å². The van der Waals surface area contributed by atoms with Gasteiger partial charge in [-0.25, -0.2) is 9.59 Å². The summed E-state index contributed by atoms with van der Waals surface area (Å²) in [5, 5.41) is 20.2. The summed E-state index contributed by atoms with van der Waals surface area (Å²) in [6.07, 6.45) is 0. The van der Waals surface area contributed by atoms with Crippen molar-refractivity contribution in [1.29, 1.82) is 0 Å². The molecule has 0 saturated carbocycles. The summed E-state index contributed by atoms with van der Waals surface area (Å²) >= 11 is 2.39. The van der Waals surface area contributed by atoms with Crippen molar-refractivity contribution in [1.82, 2.24) is 0 Å². The zero-order valence-electron chi connectivity index (χ0n) is 17.0. The van der Waals surface area contributed by atoms with Crippen molar-refractivity contribution < 1.29 is 34.0 Å². The Hall–Kier alpha value is -2.78. The normalized spacial score (nSPS) is 18.1. The highest BCUT2D eigenvalue weighted by Gasteiger charge is 2.54. The van der Waals surface area contributed by atoms with Crippen LogP contribution in [0.25, 0.3) is 0 Å². The van der Waals surface area contributed by atoms with E-state index in [-0.39, 0.29) is 10.7 Å². The molecule has 1 aliphatic rings. The van der Waals surface area contributed by atoms with E-state index in [1.165, 1.54) is 11.8 Å². The number of hydrogen-bond acceptors (Lipinski definition) is 8. The maximum absolute atomic E-state index is 12.2. The fraction of sp³-hybridized carbons (Fsp3) is 0.273. The van der Waals surface area contributed by atoms with Gasteiger partial charge in [0.1, 0.15) is 11.5 Å². The van der Waals surface area contributed by atoms with E-state index in [1.807, 2.05) is 36.4 Å². The molecule has 2 aromatic carbocycles. The molecule has 1 atom stereocenters. The summed E-state index contributed by atoms with van der Waals surface area (Å²) in [4.78, 5) is 24.2. The monoisotopic (exact) mass is 462 g/mol. The number of methoxy groups -OCH3 is 2. The predicted octanol–water partition coefficient (Wildman–Crippen LogP) is 4.02. The number of carboxylic acids is 1. The SMILES string of the molecule is COc1ccc(CSCC2(C(=O)O)OC(=O)C(O)=C2SCc2ccc(OC)cc2)cc1. The van der Waals surface area contributed by atoms with Crippen LogP contribution in [-0.4, -0.2) is 47.7 Å². The number of carbonyl (C=O) groups is 2. The van der Waals surface area contributed by atoms with Gasteiger partial charge in [-0.05, 0) is 35.4 Å². The molecule has 0 spiro atoms. The molecule has 1 heterocycles. The Bertz CT molecular complexity index is 970. The maximum Gasteiger partial charge on any atom is 0.375 e. The molecule has 1 aliphatic heterocycles. The van der Waals surface area contributed by atoms with E-state index in [0.29, 0.717) is 17.3 Å². The van der Waals surface area contributed by atoms with Crippen LogP contribution in [0.1, 0.15) is 11.1 Å².